The van der Waals surface area contributed by atoms with Gasteiger partial charge in [0.25, 0.3) is 5.91 Å². The third-order valence-electron chi connectivity index (χ3n) is 3.96. The number of nitrogens with one attached hydrogen (secondary N) is 1. The third-order valence-corrected chi connectivity index (χ3v) is 3.96. The first kappa shape index (κ1) is 19.3. The van der Waals surface area contributed by atoms with E-state index in [4.69, 9.17) is 0 Å². The van der Waals surface area contributed by atoms with Gasteiger partial charge < -0.3 is 10.2 Å². The maximum absolute atomic E-state index is 13.1. The number of rotatable bonds is 5. The van der Waals surface area contributed by atoms with Crippen LogP contribution in [0.4, 0.5) is 24.8 Å². The second-order valence-electron chi connectivity index (χ2n) is 6.08. The van der Waals surface area contributed by atoms with E-state index < -0.39 is 11.7 Å². The molecule has 5 nitrogen and oxygen atoms in total. The number of halogens is 3. The normalized spacial score (nSPS) is 11.1. The minimum Gasteiger partial charge on any atom is -0.336 e. The maximum Gasteiger partial charge on any atom is 0.418 e. The summed E-state index contributed by atoms with van der Waals surface area (Å²) in [7, 11) is 1.63. The van der Waals surface area contributed by atoms with Crippen molar-refractivity contribution < 1.29 is 18.0 Å². The molecule has 0 saturated carbocycles. The molecule has 3 aromatic rings. The van der Waals surface area contributed by atoms with Crippen LogP contribution in [0.15, 0.2) is 66.9 Å². The topological polar surface area (TPSA) is 58.1 Å². The zero-order valence-electron chi connectivity index (χ0n) is 14.9. The van der Waals surface area contributed by atoms with E-state index >= 15 is 0 Å². The number of hydrogen-bond acceptors (Lipinski definition) is 4. The number of hydrogen-bond donors (Lipinski definition) is 1. The van der Waals surface area contributed by atoms with Gasteiger partial charge in [-0.05, 0) is 23.8 Å². The van der Waals surface area contributed by atoms with Crippen molar-refractivity contribution in [1.82, 2.24) is 14.9 Å². The zero-order valence-corrected chi connectivity index (χ0v) is 14.9. The zero-order chi connectivity index (χ0) is 20.1. The van der Waals surface area contributed by atoms with Gasteiger partial charge in [-0.15, -0.1) is 0 Å². The van der Waals surface area contributed by atoms with Gasteiger partial charge in [0.05, 0.1) is 11.3 Å². The Morgan fingerprint density at radius 2 is 1.71 bits per heavy atom. The lowest BCUT2D eigenvalue weighted by molar-refractivity contribution is -0.136. The van der Waals surface area contributed by atoms with Gasteiger partial charge in [-0.25, -0.2) is 9.97 Å². The standard InChI is InChI=1S/C20H17F3N4O/c1-27(13-14-7-3-2-4-8-14)18(28)17-11-12-24-19(26-17)25-16-10-6-5-9-15(16)20(21,22)23/h2-12H,13H2,1H3,(H,24,25,26). The molecule has 0 aliphatic rings. The second kappa shape index (κ2) is 8.08. The number of para-hydroxylation sites is 1. The maximum atomic E-state index is 13.1. The Bertz CT molecular complexity index is 961. The molecule has 1 amide bonds. The third kappa shape index (κ3) is 4.64. The lowest BCUT2D eigenvalue weighted by Gasteiger charge is -2.17. The average Bonchev–Trinajstić information content (AvgIpc) is 2.68. The molecule has 1 aromatic heterocycles. The molecule has 0 unspecified atom stereocenters. The minimum absolute atomic E-state index is 0.0837. The van der Waals surface area contributed by atoms with Crippen molar-refractivity contribution in [1.29, 1.82) is 0 Å². The first-order chi connectivity index (χ1) is 13.3. The van der Waals surface area contributed by atoms with E-state index in [0.717, 1.165) is 11.6 Å². The highest BCUT2D eigenvalue weighted by Gasteiger charge is 2.33. The molecule has 0 radical (unpaired) electrons. The Balaban J connectivity index is 1.78. The first-order valence-corrected chi connectivity index (χ1v) is 8.40. The molecule has 28 heavy (non-hydrogen) atoms. The molecule has 2 aromatic carbocycles. The molecule has 0 fully saturated rings. The molecular formula is C20H17F3N4O. The SMILES string of the molecule is CN(Cc1ccccc1)C(=O)c1ccnc(Nc2ccccc2C(F)(F)F)n1. The van der Waals surface area contributed by atoms with Crippen LogP contribution in [0.2, 0.25) is 0 Å². The Morgan fingerprint density at radius 3 is 2.43 bits per heavy atom. The van der Waals surface area contributed by atoms with Crippen molar-refractivity contribution >= 4 is 17.5 Å². The van der Waals surface area contributed by atoms with Crippen molar-refractivity contribution in [2.45, 2.75) is 12.7 Å². The van der Waals surface area contributed by atoms with E-state index in [1.54, 1.807) is 7.05 Å². The summed E-state index contributed by atoms with van der Waals surface area (Å²) in [6.07, 6.45) is -3.19. The number of nitrogens with zero attached hydrogens (tertiary/aromatic N) is 3. The number of anilines is 2. The van der Waals surface area contributed by atoms with Gasteiger partial charge in [-0.1, -0.05) is 42.5 Å². The van der Waals surface area contributed by atoms with E-state index in [0.29, 0.717) is 6.54 Å². The van der Waals surface area contributed by atoms with Crippen molar-refractivity contribution in [2.24, 2.45) is 0 Å². The van der Waals surface area contributed by atoms with Gasteiger partial charge in [-0.2, -0.15) is 13.2 Å². The fourth-order valence-electron chi connectivity index (χ4n) is 2.62. The number of alkyl halides is 3. The highest BCUT2D eigenvalue weighted by molar-refractivity contribution is 5.92. The molecule has 0 bridgehead atoms. The highest BCUT2D eigenvalue weighted by Crippen LogP contribution is 2.35. The lowest BCUT2D eigenvalue weighted by Crippen LogP contribution is -2.27. The van der Waals surface area contributed by atoms with Crippen LogP contribution < -0.4 is 5.32 Å². The van der Waals surface area contributed by atoms with Crippen LogP contribution in [0.5, 0.6) is 0 Å². The summed E-state index contributed by atoms with van der Waals surface area (Å²) in [5, 5.41) is 2.55. The fraction of sp³-hybridized carbons (Fsp3) is 0.150. The predicted molar refractivity (Wildman–Crippen MR) is 99.0 cm³/mol. The number of benzene rings is 2. The van der Waals surface area contributed by atoms with Crippen LogP contribution in [0.25, 0.3) is 0 Å². The molecule has 0 spiro atoms. The minimum atomic E-state index is -4.52. The first-order valence-electron chi connectivity index (χ1n) is 8.40. The van der Waals surface area contributed by atoms with Crippen LogP contribution in [-0.2, 0) is 12.7 Å². The lowest BCUT2D eigenvalue weighted by atomic mass is 10.1. The molecule has 144 valence electrons. The van der Waals surface area contributed by atoms with Crippen molar-refractivity contribution in [3.63, 3.8) is 0 Å². The predicted octanol–water partition coefficient (Wildman–Crippen LogP) is 4.51. The van der Waals surface area contributed by atoms with E-state index in [9.17, 15) is 18.0 Å². The summed E-state index contributed by atoms with van der Waals surface area (Å²) in [6.45, 7) is 0.378. The molecule has 0 aliphatic heterocycles. The van der Waals surface area contributed by atoms with E-state index in [1.165, 1.54) is 35.4 Å². The Morgan fingerprint density at radius 1 is 1.04 bits per heavy atom. The van der Waals surface area contributed by atoms with Crippen molar-refractivity contribution in [3.8, 4) is 0 Å². The van der Waals surface area contributed by atoms with Gasteiger partial charge in [0.15, 0.2) is 0 Å². The largest absolute Gasteiger partial charge is 0.418 e. The van der Waals surface area contributed by atoms with Gasteiger partial charge in [-0.3, -0.25) is 4.79 Å². The van der Waals surface area contributed by atoms with E-state index in [2.05, 4.69) is 15.3 Å². The second-order valence-corrected chi connectivity index (χ2v) is 6.08. The molecule has 1 heterocycles. The monoisotopic (exact) mass is 386 g/mol. The fourth-order valence-corrected chi connectivity index (χ4v) is 2.62. The number of carbonyl (C=O) groups excluding carboxylic acids is 1. The van der Waals surface area contributed by atoms with E-state index in [1.807, 2.05) is 30.3 Å². The summed E-state index contributed by atoms with van der Waals surface area (Å²) in [6, 6.07) is 15.9. The summed E-state index contributed by atoms with van der Waals surface area (Å²) in [5.74, 6) is -0.450. The van der Waals surface area contributed by atoms with Gasteiger partial charge in [0.2, 0.25) is 5.95 Å². The molecule has 1 N–H and O–H groups in total. The Kier molecular flexibility index (Phi) is 5.58. The molecular weight excluding hydrogens is 369 g/mol. The van der Waals surface area contributed by atoms with Crippen LogP contribution in [0.1, 0.15) is 21.6 Å². The van der Waals surface area contributed by atoms with Crippen LogP contribution in [0.3, 0.4) is 0 Å². The summed E-state index contributed by atoms with van der Waals surface area (Å²) >= 11 is 0. The Labute approximate surface area is 159 Å². The smallest absolute Gasteiger partial charge is 0.336 e. The molecule has 0 aliphatic carbocycles. The average molecular weight is 386 g/mol. The van der Waals surface area contributed by atoms with E-state index in [-0.39, 0.29) is 23.2 Å². The molecule has 3 rings (SSSR count). The van der Waals surface area contributed by atoms with Crippen LogP contribution in [-0.4, -0.2) is 27.8 Å². The van der Waals surface area contributed by atoms with Gasteiger partial charge >= 0.3 is 6.18 Å². The van der Waals surface area contributed by atoms with Gasteiger partial charge in [0, 0.05) is 19.8 Å². The quantitative estimate of drug-likeness (QED) is 0.701. The number of carbonyl (C=O) groups is 1. The Hall–Kier alpha value is -3.42. The summed E-state index contributed by atoms with van der Waals surface area (Å²) < 4.78 is 39.4. The summed E-state index contributed by atoms with van der Waals surface area (Å²) in [5.41, 5.74) is 0.0130. The number of aromatic nitrogens is 2. The van der Waals surface area contributed by atoms with Crippen LogP contribution in [0, 0.1) is 0 Å². The van der Waals surface area contributed by atoms with Crippen molar-refractivity contribution in [3.05, 3.63) is 83.7 Å². The summed E-state index contributed by atoms with van der Waals surface area (Å²) in [4.78, 5) is 22.1. The number of amides is 1. The molecule has 0 atom stereocenters. The highest BCUT2D eigenvalue weighted by atomic mass is 19.4. The van der Waals surface area contributed by atoms with Crippen molar-refractivity contribution in [2.75, 3.05) is 12.4 Å². The molecule has 0 saturated heterocycles. The van der Waals surface area contributed by atoms with Crippen LogP contribution >= 0.6 is 0 Å². The van der Waals surface area contributed by atoms with Gasteiger partial charge in [0.1, 0.15) is 5.69 Å². The molecule has 8 heteroatoms.